The zero-order chi connectivity index (χ0) is 37.0. The van der Waals surface area contributed by atoms with Gasteiger partial charge in [-0.05, 0) is 99.2 Å². The number of aromatic nitrogens is 1. The Kier molecular flexibility index (Phi) is 11.4. The summed E-state index contributed by atoms with van der Waals surface area (Å²) in [4.78, 5) is 36.3. The molecule has 8 rings (SSSR count). The lowest BCUT2D eigenvalue weighted by Gasteiger charge is -2.46. The normalized spacial score (nSPS) is 21.3. The van der Waals surface area contributed by atoms with Crippen LogP contribution < -0.4 is 14.2 Å². The lowest BCUT2D eigenvalue weighted by atomic mass is 9.72. The molecule has 278 valence electrons. The van der Waals surface area contributed by atoms with Gasteiger partial charge in [0.05, 0.1) is 25.2 Å². The minimum absolute atomic E-state index is 0.0269. The molecule has 53 heavy (non-hydrogen) atoms. The van der Waals surface area contributed by atoms with Crippen LogP contribution in [-0.4, -0.2) is 79.8 Å². The molecule has 0 radical (unpaired) electrons. The molecule has 5 heterocycles. The predicted octanol–water partition coefficient (Wildman–Crippen LogP) is 7.51. The van der Waals surface area contributed by atoms with Crippen LogP contribution in [0.15, 0.2) is 85.2 Å². The number of hydrogen-bond acceptors (Lipinski definition) is 10. The summed E-state index contributed by atoms with van der Waals surface area (Å²) in [5.41, 5.74) is 2.20. The van der Waals surface area contributed by atoms with Crippen LogP contribution in [0.2, 0.25) is 10.0 Å². The molecular weight excluding hydrogens is 717 g/mol. The van der Waals surface area contributed by atoms with Gasteiger partial charge in [-0.3, -0.25) is 19.6 Å². The standard InChI is InChI=1S/C41H43Cl2N3O7/c1-49-34-13-12-30(22-35(34)50-2)39(52-37-32(42)23-44-24-33(37)43)53-38(47)29-10-8-27(9-11-29)25-46-20-16-41(17-21-46,31-6-4-3-5-7-31)40(48)51-36-26-45-18-14-28(36)15-19-45/h3-13,22-24,28,36,39H,14-21,25-26H2,1-2H3/t36-,39+/m0/s1. The fraction of sp³-hybridized carbons (Fsp3) is 0.390. The number of benzene rings is 3. The second-order valence-corrected chi connectivity index (χ2v) is 14.7. The third-order valence-electron chi connectivity index (χ3n) is 10.8. The third-order valence-corrected chi connectivity index (χ3v) is 11.3. The zero-order valence-corrected chi connectivity index (χ0v) is 31.4. The summed E-state index contributed by atoms with van der Waals surface area (Å²) in [6, 6.07) is 22.5. The van der Waals surface area contributed by atoms with Gasteiger partial charge in [-0.1, -0.05) is 65.7 Å². The van der Waals surface area contributed by atoms with Crippen LogP contribution >= 0.6 is 23.2 Å². The van der Waals surface area contributed by atoms with Gasteiger partial charge in [0.2, 0.25) is 0 Å². The molecule has 2 atom stereocenters. The topological polar surface area (TPSA) is 99.7 Å². The Labute approximate surface area is 319 Å². The molecular formula is C41H43Cl2N3O7. The molecule has 12 heteroatoms. The SMILES string of the molecule is COc1ccc([C@@H](OC(=O)c2ccc(CN3CCC(C(=O)O[C@H]4CN5CCC4CC5)(c4ccccc4)CC3)cc2)Oc2c(Cl)cncc2Cl)cc1OC. The van der Waals surface area contributed by atoms with E-state index in [2.05, 4.69) is 26.9 Å². The molecule has 0 aliphatic carbocycles. The number of likely N-dealkylation sites (tertiary alicyclic amines) is 1. The summed E-state index contributed by atoms with van der Waals surface area (Å²) < 4.78 is 29.2. The second kappa shape index (κ2) is 16.3. The van der Waals surface area contributed by atoms with Crippen LogP contribution in [0.1, 0.15) is 59.0 Å². The average Bonchev–Trinajstić information content (AvgIpc) is 3.20. The fourth-order valence-corrected chi connectivity index (χ4v) is 8.16. The molecule has 4 aliphatic heterocycles. The van der Waals surface area contributed by atoms with E-state index in [9.17, 15) is 9.59 Å². The number of esters is 2. The van der Waals surface area contributed by atoms with Crippen molar-refractivity contribution in [3.63, 3.8) is 0 Å². The number of hydrogen-bond donors (Lipinski definition) is 0. The lowest BCUT2D eigenvalue weighted by Crippen LogP contribution is -2.54. The number of rotatable bonds is 12. The first-order valence-corrected chi connectivity index (χ1v) is 18.7. The lowest BCUT2D eigenvalue weighted by molar-refractivity contribution is -0.168. The molecule has 4 fully saturated rings. The van der Waals surface area contributed by atoms with E-state index < -0.39 is 17.7 Å². The highest BCUT2D eigenvalue weighted by molar-refractivity contribution is 6.36. The average molecular weight is 761 g/mol. The molecule has 4 aliphatic rings. The Morgan fingerprint density at radius 1 is 0.868 bits per heavy atom. The Balaban J connectivity index is 1.02. The highest BCUT2D eigenvalue weighted by atomic mass is 35.5. The molecule has 0 amide bonds. The van der Waals surface area contributed by atoms with Crippen molar-refractivity contribution in [1.29, 1.82) is 0 Å². The first-order chi connectivity index (χ1) is 25.8. The molecule has 0 spiro atoms. The van der Waals surface area contributed by atoms with Gasteiger partial charge in [0.15, 0.2) is 17.2 Å². The van der Waals surface area contributed by atoms with E-state index in [1.165, 1.54) is 26.6 Å². The molecule has 10 nitrogen and oxygen atoms in total. The smallest absolute Gasteiger partial charge is 0.341 e. The minimum Gasteiger partial charge on any atom is -0.493 e. The monoisotopic (exact) mass is 759 g/mol. The molecule has 1 aromatic heterocycles. The molecule has 0 unspecified atom stereocenters. The van der Waals surface area contributed by atoms with Crippen LogP contribution in [-0.2, 0) is 26.2 Å². The van der Waals surface area contributed by atoms with Gasteiger partial charge < -0.3 is 23.7 Å². The predicted molar refractivity (Wildman–Crippen MR) is 201 cm³/mol. The van der Waals surface area contributed by atoms with Crippen molar-refractivity contribution in [3.05, 3.63) is 117 Å². The van der Waals surface area contributed by atoms with Gasteiger partial charge in [-0.25, -0.2) is 4.79 Å². The number of carbonyl (C=O) groups is 2. The summed E-state index contributed by atoms with van der Waals surface area (Å²) in [7, 11) is 3.05. The quantitative estimate of drug-likeness (QED) is 0.107. The Bertz CT molecular complexity index is 1880. The largest absolute Gasteiger partial charge is 0.493 e. The summed E-state index contributed by atoms with van der Waals surface area (Å²) in [5.74, 6) is 0.811. The van der Waals surface area contributed by atoms with E-state index in [1.807, 2.05) is 30.3 Å². The van der Waals surface area contributed by atoms with Crippen molar-refractivity contribution in [2.45, 2.75) is 50.0 Å². The second-order valence-electron chi connectivity index (χ2n) is 13.9. The summed E-state index contributed by atoms with van der Waals surface area (Å²) >= 11 is 12.7. The van der Waals surface area contributed by atoms with Crippen molar-refractivity contribution < 1.29 is 33.3 Å². The molecule has 0 N–H and O–H groups in total. The van der Waals surface area contributed by atoms with Crippen molar-refractivity contribution in [1.82, 2.24) is 14.8 Å². The van der Waals surface area contributed by atoms with E-state index in [0.29, 0.717) is 47.9 Å². The summed E-state index contributed by atoms with van der Waals surface area (Å²) in [6.07, 6.45) is 5.07. The van der Waals surface area contributed by atoms with Crippen LogP contribution in [0.4, 0.5) is 0 Å². The third kappa shape index (κ3) is 8.11. The number of pyridine rings is 1. The number of fused-ring (bicyclic) bond motifs is 3. The fourth-order valence-electron chi connectivity index (χ4n) is 7.70. The maximum atomic E-state index is 14.1. The van der Waals surface area contributed by atoms with E-state index in [-0.39, 0.29) is 27.9 Å². The van der Waals surface area contributed by atoms with Crippen molar-refractivity contribution in [2.24, 2.45) is 5.92 Å². The molecule has 2 bridgehead atoms. The first kappa shape index (κ1) is 37.0. The van der Waals surface area contributed by atoms with Crippen LogP contribution in [0, 0.1) is 5.92 Å². The Morgan fingerprint density at radius 2 is 1.55 bits per heavy atom. The van der Waals surface area contributed by atoms with E-state index in [1.54, 1.807) is 30.3 Å². The number of carbonyl (C=O) groups excluding carboxylic acids is 2. The first-order valence-electron chi connectivity index (χ1n) is 17.9. The highest BCUT2D eigenvalue weighted by Gasteiger charge is 2.47. The maximum Gasteiger partial charge on any atom is 0.341 e. The van der Waals surface area contributed by atoms with Gasteiger partial charge in [0.25, 0.3) is 6.29 Å². The number of ether oxygens (including phenoxy) is 5. The minimum atomic E-state index is -1.23. The Morgan fingerprint density at radius 3 is 2.17 bits per heavy atom. The van der Waals surface area contributed by atoms with Crippen molar-refractivity contribution in [3.8, 4) is 17.2 Å². The zero-order valence-electron chi connectivity index (χ0n) is 29.8. The molecule has 4 aromatic rings. The van der Waals surface area contributed by atoms with E-state index in [4.69, 9.17) is 46.9 Å². The number of piperidine rings is 4. The Hall–Kier alpha value is -4.35. The van der Waals surface area contributed by atoms with Crippen LogP contribution in [0.3, 0.4) is 0 Å². The van der Waals surface area contributed by atoms with Gasteiger partial charge in [-0.2, -0.15) is 0 Å². The molecule has 3 aromatic carbocycles. The number of methoxy groups -OCH3 is 2. The number of halogens is 2. The maximum absolute atomic E-state index is 14.1. The van der Waals surface area contributed by atoms with Crippen molar-refractivity contribution in [2.75, 3.05) is 46.9 Å². The van der Waals surface area contributed by atoms with Crippen LogP contribution in [0.25, 0.3) is 0 Å². The molecule has 0 saturated carbocycles. The van der Waals surface area contributed by atoms with E-state index >= 15 is 0 Å². The van der Waals surface area contributed by atoms with Gasteiger partial charge >= 0.3 is 11.9 Å². The summed E-state index contributed by atoms with van der Waals surface area (Å²) in [6.45, 7) is 5.19. The molecule has 4 saturated heterocycles. The highest BCUT2D eigenvalue weighted by Crippen LogP contribution is 2.40. The number of nitrogens with zero attached hydrogens (tertiary/aromatic N) is 3. The van der Waals surface area contributed by atoms with Gasteiger partial charge in [0, 0.05) is 31.0 Å². The van der Waals surface area contributed by atoms with Gasteiger partial charge in [0.1, 0.15) is 16.1 Å². The van der Waals surface area contributed by atoms with Gasteiger partial charge in [-0.15, -0.1) is 0 Å². The summed E-state index contributed by atoms with van der Waals surface area (Å²) in [5, 5.41) is 0.321. The van der Waals surface area contributed by atoms with Crippen molar-refractivity contribution >= 4 is 35.1 Å². The van der Waals surface area contributed by atoms with Crippen LogP contribution in [0.5, 0.6) is 17.2 Å². The van der Waals surface area contributed by atoms with E-state index in [0.717, 1.165) is 56.7 Å².